The summed E-state index contributed by atoms with van der Waals surface area (Å²) in [6.07, 6.45) is 2.97. The van der Waals surface area contributed by atoms with Gasteiger partial charge in [-0.15, -0.1) is 0 Å². The van der Waals surface area contributed by atoms with Gasteiger partial charge in [0.15, 0.2) is 0 Å². The van der Waals surface area contributed by atoms with Gasteiger partial charge in [0, 0.05) is 37.4 Å². The Balaban J connectivity index is 1.41. The van der Waals surface area contributed by atoms with Crippen LogP contribution < -0.4 is 0 Å². The van der Waals surface area contributed by atoms with Gasteiger partial charge in [0.05, 0.1) is 11.7 Å². The maximum absolute atomic E-state index is 14.4. The average Bonchev–Trinajstić information content (AvgIpc) is 3.11. The Morgan fingerprint density at radius 2 is 1.96 bits per heavy atom. The lowest BCUT2D eigenvalue weighted by Crippen LogP contribution is -2.46. The van der Waals surface area contributed by atoms with E-state index in [2.05, 4.69) is 21.2 Å². The quantitative estimate of drug-likeness (QED) is 0.722. The highest BCUT2D eigenvalue weighted by Gasteiger charge is 2.43. The number of benzene rings is 2. The van der Waals surface area contributed by atoms with Crippen LogP contribution in [0, 0.1) is 5.92 Å². The fourth-order valence-corrected chi connectivity index (χ4v) is 3.83. The summed E-state index contributed by atoms with van der Waals surface area (Å²) in [4.78, 5) is 2.16. The SMILES string of the molecule is FC1(F)CCN(Cc2ccc3[nH]ncc3c2)CC1CCc1ccccc1. The van der Waals surface area contributed by atoms with E-state index in [-0.39, 0.29) is 6.42 Å². The molecule has 0 saturated carbocycles. The minimum absolute atomic E-state index is 0.0551. The first-order valence-corrected chi connectivity index (χ1v) is 9.16. The first kappa shape index (κ1) is 17.2. The molecule has 1 aliphatic rings. The number of rotatable bonds is 5. The Morgan fingerprint density at radius 3 is 2.81 bits per heavy atom. The fourth-order valence-electron chi connectivity index (χ4n) is 3.83. The topological polar surface area (TPSA) is 31.9 Å². The molecule has 1 aliphatic heterocycles. The van der Waals surface area contributed by atoms with E-state index < -0.39 is 11.8 Å². The number of aromatic amines is 1. The van der Waals surface area contributed by atoms with Crippen molar-refractivity contribution in [2.45, 2.75) is 31.7 Å². The van der Waals surface area contributed by atoms with Crippen molar-refractivity contribution in [1.82, 2.24) is 15.1 Å². The smallest absolute Gasteiger partial charge is 0.253 e. The molecule has 136 valence electrons. The number of nitrogens with one attached hydrogen (secondary N) is 1. The molecular formula is C21H23F2N3. The maximum Gasteiger partial charge on any atom is 0.253 e. The van der Waals surface area contributed by atoms with E-state index in [1.54, 1.807) is 6.20 Å². The predicted molar refractivity (Wildman–Crippen MR) is 99.2 cm³/mol. The van der Waals surface area contributed by atoms with E-state index >= 15 is 0 Å². The number of aromatic nitrogens is 2. The van der Waals surface area contributed by atoms with Crippen LogP contribution in [0.4, 0.5) is 8.78 Å². The summed E-state index contributed by atoms with van der Waals surface area (Å²) in [5, 5.41) is 8.03. The Kier molecular flexibility index (Phi) is 4.72. The van der Waals surface area contributed by atoms with Crippen LogP contribution in [0.15, 0.2) is 54.7 Å². The molecule has 1 N–H and O–H groups in total. The molecule has 1 aromatic heterocycles. The summed E-state index contributed by atoms with van der Waals surface area (Å²) in [5.74, 6) is -3.16. The van der Waals surface area contributed by atoms with Crippen LogP contribution in [0.1, 0.15) is 24.0 Å². The molecule has 0 radical (unpaired) electrons. The van der Waals surface area contributed by atoms with E-state index in [0.717, 1.165) is 22.0 Å². The van der Waals surface area contributed by atoms with Crippen molar-refractivity contribution in [3.63, 3.8) is 0 Å². The lowest BCUT2D eigenvalue weighted by Gasteiger charge is -2.38. The van der Waals surface area contributed by atoms with Crippen LogP contribution in [-0.4, -0.2) is 34.1 Å². The zero-order valence-electron chi connectivity index (χ0n) is 14.7. The summed E-state index contributed by atoms with van der Waals surface area (Å²) in [6, 6.07) is 16.0. The molecule has 26 heavy (non-hydrogen) atoms. The molecule has 5 heteroatoms. The number of nitrogens with zero attached hydrogens (tertiary/aromatic N) is 2. The third-order valence-corrected chi connectivity index (χ3v) is 5.37. The number of aryl methyl sites for hydroxylation is 1. The highest BCUT2D eigenvalue weighted by molar-refractivity contribution is 5.78. The number of hydrogen-bond donors (Lipinski definition) is 1. The highest BCUT2D eigenvalue weighted by Crippen LogP contribution is 2.36. The summed E-state index contributed by atoms with van der Waals surface area (Å²) < 4.78 is 28.8. The van der Waals surface area contributed by atoms with E-state index in [9.17, 15) is 8.78 Å². The van der Waals surface area contributed by atoms with E-state index in [1.165, 1.54) is 0 Å². The summed E-state index contributed by atoms with van der Waals surface area (Å²) in [7, 11) is 0. The van der Waals surface area contributed by atoms with Crippen LogP contribution in [0.3, 0.4) is 0 Å². The van der Waals surface area contributed by atoms with Crippen LogP contribution in [-0.2, 0) is 13.0 Å². The second-order valence-corrected chi connectivity index (χ2v) is 7.26. The normalized spacial score (nSPS) is 20.5. The van der Waals surface area contributed by atoms with Crippen molar-refractivity contribution >= 4 is 10.9 Å². The molecule has 2 aromatic carbocycles. The van der Waals surface area contributed by atoms with Crippen LogP contribution in [0.25, 0.3) is 10.9 Å². The average molecular weight is 355 g/mol. The monoisotopic (exact) mass is 355 g/mol. The van der Waals surface area contributed by atoms with E-state index in [1.807, 2.05) is 42.5 Å². The zero-order valence-corrected chi connectivity index (χ0v) is 14.7. The van der Waals surface area contributed by atoms with Crippen molar-refractivity contribution in [2.24, 2.45) is 5.92 Å². The number of piperidine rings is 1. The fraction of sp³-hybridized carbons (Fsp3) is 0.381. The lowest BCUT2D eigenvalue weighted by atomic mass is 9.88. The number of hydrogen-bond acceptors (Lipinski definition) is 2. The van der Waals surface area contributed by atoms with Gasteiger partial charge in [-0.2, -0.15) is 5.10 Å². The maximum atomic E-state index is 14.4. The minimum atomic E-state index is -2.57. The molecule has 2 heterocycles. The second kappa shape index (κ2) is 7.16. The van der Waals surface area contributed by atoms with Gasteiger partial charge in [-0.1, -0.05) is 36.4 Å². The molecule has 0 aliphatic carbocycles. The van der Waals surface area contributed by atoms with Crippen molar-refractivity contribution in [3.8, 4) is 0 Å². The molecule has 3 aromatic rings. The van der Waals surface area contributed by atoms with Crippen LogP contribution >= 0.6 is 0 Å². The molecule has 1 fully saturated rings. The largest absolute Gasteiger partial charge is 0.298 e. The van der Waals surface area contributed by atoms with Gasteiger partial charge in [0.25, 0.3) is 5.92 Å². The second-order valence-electron chi connectivity index (χ2n) is 7.26. The molecule has 0 bridgehead atoms. The molecule has 0 spiro atoms. The standard InChI is InChI=1S/C21H23F2N3/c22-21(23)10-11-26(14-17-7-9-20-18(12-17)13-24-25-20)15-19(21)8-6-16-4-2-1-3-5-16/h1-5,7,9,12-13,19H,6,8,10-11,14-15H2,(H,24,25). The molecular weight excluding hydrogens is 332 g/mol. The predicted octanol–water partition coefficient (Wildman–Crippen LogP) is 4.65. The van der Waals surface area contributed by atoms with Gasteiger partial charge in [0.2, 0.25) is 0 Å². The Labute approximate surface area is 152 Å². The van der Waals surface area contributed by atoms with Gasteiger partial charge >= 0.3 is 0 Å². The molecule has 1 saturated heterocycles. The van der Waals surface area contributed by atoms with Gasteiger partial charge in [-0.3, -0.25) is 10.00 Å². The number of H-pyrrole nitrogens is 1. The first-order chi connectivity index (χ1) is 12.6. The van der Waals surface area contributed by atoms with Crippen molar-refractivity contribution in [3.05, 3.63) is 65.9 Å². The summed E-state index contributed by atoms with van der Waals surface area (Å²) in [5.41, 5.74) is 3.27. The molecule has 3 nitrogen and oxygen atoms in total. The molecule has 1 atom stereocenters. The zero-order chi connectivity index (χ0) is 18.0. The van der Waals surface area contributed by atoms with Gasteiger partial charge < -0.3 is 0 Å². The van der Waals surface area contributed by atoms with Crippen LogP contribution in [0.5, 0.6) is 0 Å². The Morgan fingerprint density at radius 1 is 1.12 bits per heavy atom. The number of halogens is 2. The first-order valence-electron chi connectivity index (χ1n) is 9.16. The highest BCUT2D eigenvalue weighted by atomic mass is 19.3. The third kappa shape index (κ3) is 3.78. The van der Waals surface area contributed by atoms with Gasteiger partial charge in [-0.05, 0) is 36.1 Å². The number of alkyl halides is 2. The van der Waals surface area contributed by atoms with E-state index in [4.69, 9.17) is 0 Å². The molecule has 4 rings (SSSR count). The number of fused-ring (bicyclic) bond motifs is 1. The number of likely N-dealkylation sites (tertiary alicyclic amines) is 1. The lowest BCUT2D eigenvalue weighted by molar-refractivity contribution is -0.109. The van der Waals surface area contributed by atoms with E-state index in [0.29, 0.717) is 32.5 Å². The van der Waals surface area contributed by atoms with Crippen molar-refractivity contribution in [2.75, 3.05) is 13.1 Å². The Hall–Kier alpha value is -2.27. The molecule has 1 unspecified atom stereocenters. The summed E-state index contributed by atoms with van der Waals surface area (Å²) in [6.45, 7) is 1.60. The van der Waals surface area contributed by atoms with Gasteiger partial charge in [-0.25, -0.2) is 8.78 Å². The van der Waals surface area contributed by atoms with Crippen molar-refractivity contribution < 1.29 is 8.78 Å². The summed E-state index contributed by atoms with van der Waals surface area (Å²) >= 11 is 0. The minimum Gasteiger partial charge on any atom is -0.298 e. The third-order valence-electron chi connectivity index (χ3n) is 5.37. The molecule has 0 amide bonds. The van der Waals surface area contributed by atoms with Crippen LogP contribution in [0.2, 0.25) is 0 Å². The van der Waals surface area contributed by atoms with Crippen molar-refractivity contribution in [1.29, 1.82) is 0 Å². The van der Waals surface area contributed by atoms with Gasteiger partial charge in [0.1, 0.15) is 0 Å². The Bertz CT molecular complexity index is 860.